The van der Waals surface area contributed by atoms with Crippen LogP contribution in [0.25, 0.3) is 17.0 Å². The van der Waals surface area contributed by atoms with Gasteiger partial charge in [-0.1, -0.05) is 0 Å². The van der Waals surface area contributed by atoms with E-state index in [1.165, 1.54) is 0 Å². The van der Waals surface area contributed by atoms with Gasteiger partial charge in [-0.3, -0.25) is 4.40 Å². The number of aromatic nitrogens is 4. The first kappa shape index (κ1) is 11.5. The molecule has 2 N–H and O–H groups in total. The summed E-state index contributed by atoms with van der Waals surface area (Å²) in [4.78, 5) is 12.9. The zero-order chi connectivity index (χ0) is 13.4. The van der Waals surface area contributed by atoms with Crippen LogP contribution in [0.5, 0.6) is 5.75 Å². The van der Waals surface area contributed by atoms with Gasteiger partial charge in [0, 0.05) is 12.4 Å². The van der Waals surface area contributed by atoms with Crippen LogP contribution in [0.2, 0.25) is 0 Å². The van der Waals surface area contributed by atoms with Crippen molar-refractivity contribution in [2.45, 2.75) is 6.92 Å². The Morgan fingerprint density at radius 2 is 2.11 bits per heavy atom. The minimum absolute atomic E-state index is 0.534. The Hall–Kier alpha value is -2.63. The first-order valence-electron chi connectivity index (χ1n) is 5.81. The van der Waals surface area contributed by atoms with Gasteiger partial charge in [0.1, 0.15) is 17.3 Å². The number of anilines is 1. The molecule has 0 unspecified atom stereocenters. The van der Waals surface area contributed by atoms with Crippen molar-refractivity contribution in [2.75, 3.05) is 12.8 Å². The number of hydrogen-bond donors (Lipinski definition) is 1. The van der Waals surface area contributed by atoms with Crippen molar-refractivity contribution < 1.29 is 4.74 Å². The summed E-state index contributed by atoms with van der Waals surface area (Å²) < 4.78 is 7.07. The smallest absolute Gasteiger partial charge is 0.181 e. The maximum absolute atomic E-state index is 6.13. The number of aryl methyl sites for hydroxylation is 1. The summed E-state index contributed by atoms with van der Waals surface area (Å²) >= 11 is 0. The second-order valence-corrected chi connectivity index (χ2v) is 4.10. The van der Waals surface area contributed by atoms with E-state index in [0.717, 1.165) is 0 Å². The first-order chi connectivity index (χ1) is 9.20. The third-order valence-corrected chi connectivity index (χ3v) is 2.89. The van der Waals surface area contributed by atoms with Crippen molar-refractivity contribution in [2.24, 2.45) is 0 Å². The predicted octanol–water partition coefficient (Wildman–Crippen LogP) is 1.69. The minimum atomic E-state index is 0.534. The third kappa shape index (κ3) is 1.77. The molecule has 3 aromatic rings. The predicted molar refractivity (Wildman–Crippen MR) is 71.9 cm³/mol. The minimum Gasteiger partial charge on any atom is -0.493 e. The molecule has 96 valence electrons. The molecule has 0 aliphatic carbocycles. The molecule has 0 amide bonds. The Balaban J connectivity index is 2.28. The van der Waals surface area contributed by atoms with Gasteiger partial charge in [0.25, 0.3) is 0 Å². The molecule has 3 rings (SSSR count). The van der Waals surface area contributed by atoms with Gasteiger partial charge in [-0.2, -0.15) is 0 Å². The highest BCUT2D eigenvalue weighted by Crippen LogP contribution is 2.28. The second-order valence-electron chi connectivity index (χ2n) is 4.10. The van der Waals surface area contributed by atoms with Gasteiger partial charge in [0.05, 0.1) is 12.8 Å². The number of hydrogen-bond acceptors (Lipinski definition) is 5. The fourth-order valence-corrected chi connectivity index (χ4v) is 2.00. The van der Waals surface area contributed by atoms with Crippen LogP contribution in [0.1, 0.15) is 5.82 Å². The van der Waals surface area contributed by atoms with E-state index in [-0.39, 0.29) is 0 Å². The number of imidazole rings is 1. The largest absolute Gasteiger partial charge is 0.493 e. The molecule has 0 saturated carbocycles. The molecule has 0 radical (unpaired) electrons. The lowest BCUT2D eigenvalue weighted by Crippen LogP contribution is -1.96. The van der Waals surface area contributed by atoms with Crippen molar-refractivity contribution in [1.29, 1.82) is 0 Å². The third-order valence-electron chi connectivity index (χ3n) is 2.89. The van der Waals surface area contributed by atoms with Crippen LogP contribution in [0.15, 0.2) is 30.6 Å². The van der Waals surface area contributed by atoms with Gasteiger partial charge in [-0.15, -0.1) is 0 Å². The fourth-order valence-electron chi connectivity index (χ4n) is 2.00. The Kier molecular flexibility index (Phi) is 2.56. The Morgan fingerprint density at radius 1 is 1.26 bits per heavy atom. The molecule has 3 aromatic heterocycles. The Bertz CT molecular complexity index is 750. The molecular formula is C13H13N5O. The molecule has 0 aromatic carbocycles. The SMILES string of the molecule is COc1cccn2c(N)c(-c3ccnc(C)n3)nc12. The van der Waals surface area contributed by atoms with Crippen LogP contribution in [0, 0.1) is 6.92 Å². The van der Waals surface area contributed by atoms with Crippen molar-refractivity contribution >= 4 is 11.5 Å². The highest BCUT2D eigenvalue weighted by atomic mass is 16.5. The molecule has 0 aliphatic rings. The highest BCUT2D eigenvalue weighted by Gasteiger charge is 2.15. The molecule has 0 bridgehead atoms. The lowest BCUT2D eigenvalue weighted by Gasteiger charge is -2.01. The highest BCUT2D eigenvalue weighted by molar-refractivity contribution is 5.74. The van der Waals surface area contributed by atoms with Crippen molar-refractivity contribution in [3.05, 3.63) is 36.4 Å². The zero-order valence-electron chi connectivity index (χ0n) is 10.7. The van der Waals surface area contributed by atoms with Crippen LogP contribution in [0.3, 0.4) is 0 Å². The van der Waals surface area contributed by atoms with E-state index in [1.807, 2.05) is 25.3 Å². The first-order valence-corrected chi connectivity index (χ1v) is 5.81. The van der Waals surface area contributed by atoms with E-state index >= 15 is 0 Å². The zero-order valence-corrected chi connectivity index (χ0v) is 10.7. The van der Waals surface area contributed by atoms with E-state index in [1.54, 1.807) is 23.8 Å². The maximum Gasteiger partial charge on any atom is 0.181 e. The van der Waals surface area contributed by atoms with Gasteiger partial charge in [0.2, 0.25) is 0 Å². The van der Waals surface area contributed by atoms with E-state index in [0.29, 0.717) is 34.4 Å². The van der Waals surface area contributed by atoms with Gasteiger partial charge < -0.3 is 10.5 Å². The number of nitrogen functional groups attached to an aromatic ring is 1. The molecule has 0 fully saturated rings. The normalized spacial score (nSPS) is 10.8. The Labute approximate surface area is 109 Å². The number of nitrogens with zero attached hydrogens (tertiary/aromatic N) is 4. The molecule has 3 heterocycles. The average Bonchev–Trinajstić information content (AvgIpc) is 2.76. The molecular weight excluding hydrogens is 242 g/mol. The van der Waals surface area contributed by atoms with Crippen LogP contribution in [-0.4, -0.2) is 26.5 Å². The summed E-state index contributed by atoms with van der Waals surface area (Å²) in [6.45, 7) is 1.83. The van der Waals surface area contributed by atoms with E-state index < -0.39 is 0 Å². The summed E-state index contributed by atoms with van der Waals surface area (Å²) in [6.07, 6.45) is 3.54. The van der Waals surface area contributed by atoms with Crippen LogP contribution < -0.4 is 10.5 Å². The molecule has 0 spiro atoms. The standard InChI is InChI=1S/C13H13N5O/c1-8-15-6-5-9(16-8)11-12(14)18-7-3-4-10(19-2)13(18)17-11/h3-7H,14H2,1-2H3. The fraction of sp³-hybridized carbons (Fsp3) is 0.154. The molecule has 0 aliphatic heterocycles. The van der Waals surface area contributed by atoms with Crippen molar-refractivity contribution in [1.82, 2.24) is 19.4 Å². The molecule has 0 saturated heterocycles. The van der Waals surface area contributed by atoms with Gasteiger partial charge in [-0.05, 0) is 25.1 Å². The second kappa shape index (κ2) is 4.24. The van der Waals surface area contributed by atoms with Crippen LogP contribution in [0.4, 0.5) is 5.82 Å². The monoisotopic (exact) mass is 255 g/mol. The van der Waals surface area contributed by atoms with E-state index in [2.05, 4.69) is 15.0 Å². The van der Waals surface area contributed by atoms with E-state index in [4.69, 9.17) is 10.5 Å². The van der Waals surface area contributed by atoms with E-state index in [9.17, 15) is 0 Å². The Morgan fingerprint density at radius 3 is 2.84 bits per heavy atom. The van der Waals surface area contributed by atoms with Gasteiger partial charge in [-0.25, -0.2) is 15.0 Å². The number of rotatable bonds is 2. The lowest BCUT2D eigenvalue weighted by molar-refractivity contribution is 0.417. The number of pyridine rings is 1. The molecule has 6 heteroatoms. The molecule has 6 nitrogen and oxygen atoms in total. The summed E-state index contributed by atoms with van der Waals surface area (Å²) in [7, 11) is 1.61. The summed E-state index contributed by atoms with van der Waals surface area (Å²) in [5, 5.41) is 0. The lowest BCUT2D eigenvalue weighted by atomic mass is 10.3. The summed E-state index contributed by atoms with van der Waals surface area (Å²) in [5.74, 6) is 1.89. The summed E-state index contributed by atoms with van der Waals surface area (Å²) in [6, 6.07) is 5.49. The number of fused-ring (bicyclic) bond motifs is 1. The molecule has 0 atom stereocenters. The number of methoxy groups -OCH3 is 1. The topological polar surface area (TPSA) is 78.3 Å². The molecule has 19 heavy (non-hydrogen) atoms. The number of ether oxygens (including phenoxy) is 1. The number of nitrogens with two attached hydrogens (primary N) is 1. The van der Waals surface area contributed by atoms with Gasteiger partial charge >= 0.3 is 0 Å². The van der Waals surface area contributed by atoms with Crippen LogP contribution in [-0.2, 0) is 0 Å². The summed E-state index contributed by atoms with van der Waals surface area (Å²) in [5.41, 5.74) is 8.14. The maximum atomic E-state index is 6.13. The van der Waals surface area contributed by atoms with Crippen molar-refractivity contribution in [3.63, 3.8) is 0 Å². The van der Waals surface area contributed by atoms with Gasteiger partial charge in [0.15, 0.2) is 11.4 Å². The quantitative estimate of drug-likeness (QED) is 0.753. The average molecular weight is 255 g/mol. The van der Waals surface area contributed by atoms with Crippen molar-refractivity contribution in [3.8, 4) is 17.1 Å². The van der Waals surface area contributed by atoms with Crippen LogP contribution >= 0.6 is 0 Å².